The highest BCUT2D eigenvalue weighted by Crippen LogP contribution is 2.29. The highest BCUT2D eigenvalue weighted by Gasteiger charge is 2.22. The molecule has 0 aliphatic heterocycles. The molecule has 1 fully saturated rings. The van der Waals surface area contributed by atoms with Crippen molar-refractivity contribution in [2.75, 3.05) is 23.4 Å². The maximum atomic E-state index is 12.0. The predicted octanol–water partition coefficient (Wildman–Crippen LogP) is 2.95. The van der Waals surface area contributed by atoms with Crippen molar-refractivity contribution in [3.63, 3.8) is 0 Å². The van der Waals surface area contributed by atoms with E-state index in [2.05, 4.69) is 20.7 Å². The molecule has 2 aromatic heterocycles. The van der Waals surface area contributed by atoms with E-state index in [1.54, 1.807) is 10.7 Å². The highest BCUT2D eigenvalue weighted by atomic mass is 32.2. The van der Waals surface area contributed by atoms with Gasteiger partial charge in [0, 0.05) is 36.7 Å². The van der Waals surface area contributed by atoms with E-state index in [-0.39, 0.29) is 5.75 Å². The third-order valence-corrected chi connectivity index (χ3v) is 5.77. The quantitative estimate of drug-likeness (QED) is 0.507. The zero-order chi connectivity index (χ0) is 21.3. The SMILES string of the molecule is C/C(=C\CN)c1ccc(Nc2cc(NC3CC3)n3nccc3n2)cc1CS(C)(=O)=O. The van der Waals surface area contributed by atoms with Gasteiger partial charge in [0.1, 0.15) is 11.6 Å². The van der Waals surface area contributed by atoms with Gasteiger partial charge in [0.05, 0.1) is 11.9 Å². The molecule has 8 nitrogen and oxygen atoms in total. The third kappa shape index (κ3) is 4.80. The summed E-state index contributed by atoms with van der Waals surface area (Å²) in [5, 5.41) is 11.1. The average molecular weight is 427 g/mol. The van der Waals surface area contributed by atoms with E-state index >= 15 is 0 Å². The Balaban J connectivity index is 1.69. The van der Waals surface area contributed by atoms with Crippen LogP contribution >= 0.6 is 0 Å². The first-order valence-electron chi connectivity index (χ1n) is 9.88. The van der Waals surface area contributed by atoms with Crippen LogP contribution in [-0.2, 0) is 15.6 Å². The fraction of sp³-hybridized carbons (Fsp3) is 0.333. The maximum Gasteiger partial charge on any atom is 0.159 e. The van der Waals surface area contributed by atoms with Crippen molar-refractivity contribution in [1.82, 2.24) is 14.6 Å². The Labute approximate surface area is 176 Å². The second kappa shape index (κ2) is 8.08. The van der Waals surface area contributed by atoms with E-state index < -0.39 is 9.84 Å². The van der Waals surface area contributed by atoms with E-state index in [9.17, 15) is 8.42 Å². The second-order valence-electron chi connectivity index (χ2n) is 7.74. The van der Waals surface area contributed by atoms with Gasteiger partial charge in [0.15, 0.2) is 15.5 Å². The number of nitrogens with one attached hydrogen (secondary N) is 2. The minimum Gasteiger partial charge on any atom is -0.367 e. The number of sulfone groups is 1. The molecular weight excluding hydrogens is 400 g/mol. The molecule has 3 aromatic rings. The lowest BCUT2D eigenvalue weighted by Gasteiger charge is -2.14. The third-order valence-electron chi connectivity index (χ3n) is 4.93. The number of anilines is 3. The van der Waals surface area contributed by atoms with Gasteiger partial charge in [0.25, 0.3) is 0 Å². The molecule has 1 aromatic carbocycles. The Kier molecular flexibility index (Phi) is 5.48. The summed E-state index contributed by atoms with van der Waals surface area (Å²) in [4.78, 5) is 4.61. The number of rotatable bonds is 8. The predicted molar refractivity (Wildman–Crippen MR) is 121 cm³/mol. The fourth-order valence-electron chi connectivity index (χ4n) is 3.41. The first kappa shape index (κ1) is 20.4. The summed E-state index contributed by atoms with van der Waals surface area (Å²) in [7, 11) is -3.20. The monoisotopic (exact) mass is 426 g/mol. The Morgan fingerprint density at radius 2 is 2.10 bits per heavy atom. The molecule has 0 bridgehead atoms. The lowest BCUT2D eigenvalue weighted by molar-refractivity contribution is 0.601. The summed E-state index contributed by atoms with van der Waals surface area (Å²) in [6, 6.07) is 9.95. The first-order valence-corrected chi connectivity index (χ1v) is 11.9. The normalized spacial score (nSPS) is 14.8. The van der Waals surface area contributed by atoms with Crippen molar-refractivity contribution < 1.29 is 8.42 Å². The molecule has 2 heterocycles. The van der Waals surface area contributed by atoms with Gasteiger partial charge in [-0.25, -0.2) is 13.4 Å². The lowest BCUT2D eigenvalue weighted by Crippen LogP contribution is -2.09. The number of fused-ring (bicyclic) bond motifs is 1. The Bertz CT molecular complexity index is 1210. The summed E-state index contributed by atoms with van der Waals surface area (Å²) < 4.78 is 25.7. The Morgan fingerprint density at radius 3 is 2.80 bits per heavy atom. The van der Waals surface area contributed by atoms with Crippen LogP contribution in [0.15, 0.2) is 42.6 Å². The lowest BCUT2D eigenvalue weighted by atomic mass is 10.0. The number of nitrogens with zero attached hydrogens (tertiary/aromatic N) is 3. The van der Waals surface area contributed by atoms with Gasteiger partial charge < -0.3 is 16.4 Å². The number of nitrogens with two attached hydrogens (primary N) is 1. The molecule has 0 unspecified atom stereocenters. The largest absolute Gasteiger partial charge is 0.367 e. The van der Waals surface area contributed by atoms with Crippen molar-refractivity contribution in [3.8, 4) is 0 Å². The van der Waals surface area contributed by atoms with Gasteiger partial charge in [-0.2, -0.15) is 9.61 Å². The van der Waals surface area contributed by atoms with Gasteiger partial charge in [-0.1, -0.05) is 12.1 Å². The molecule has 4 N–H and O–H groups in total. The van der Waals surface area contributed by atoms with E-state index in [4.69, 9.17) is 5.73 Å². The summed E-state index contributed by atoms with van der Waals surface area (Å²) in [5.41, 5.74) is 9.71. The van der Waals surface area contributed by atoms with Crippen LogP contribution in [0, 0.1) is 0 Å². The van der Waals surface area contributed by atoms with Gasteiger partial charge in [-0.15, -0.1) is 0 Å². The van der Waals surface area contributed by atoms with Gasteiger partial charge in [-0.3, -0.25) is 0 Å². The molecule has 1 saturated carbocycles. The molecule has 1 aliphatic carbocycles. The van der Waals surface area contributed by atoms with Gasteiger partial charge in [0.2, 0.25) is 0 Å². The summed E-state index contributed by atoms with van der Waals surface area (Å²) in [6.07, 6.45) is 7.15. The molecule has 9 heteroatoms. The van der Waals surface area contributed by atoms with Crippen molar-refractivity contribution in [2.45, 2.75) is 31.6 Å². The first-order chi connectivity index (χ1) is 14.3. The second-order valence-corrected chi connectivity index (χ2v) is 9.88. The molecule has 0 saturated heterocycles. The van der Waals surface area contributed by atoms with Crippen LogP contribution < -0.4 is 16.4 Å². The van der Waals surface area contributed by atoms with Gasteiger partial charge in [-0.05, 0) is 48.6 Å². The molecular formula is C21H26N6O2S. The van der Waals surface area contributed by atoms with Crippen LogP contribution in [0.25, 0.3) is 11.2 Å². The van der Waals surface area contributed by atoms with Crippen molar-refractivity contribution >= 4 is 38.4 Å². The zero-order valence-corrected chi connectivity index (χ0v) is 17.9. The standard InChI is InChI=1S/C21H26N6O2S/c1-14(7-9-22)18-6-5-17(11-15(18)13-30(2,28)29)24-19-12-21(25-16-3-4-16)27-20(26-19)8-10-23-27/h5-8,10-12,16,25H,3-4,9,13,22H2,1-2H3,(H,24,26)/b14-7+. The highest BCUT2D eigenvalue weighted by molar-refractivity contribution is 7.89. The Hall–Kier alpha value is -2.91. The van der Waals surface area contributed by atoms with E-state index in [0.717, 1.165) is 46.7 Å². The van der Waals surface area contributed by atoms with E-state index in [1.807, 2.05) is 43.3 Å². The molecule has 0 spiro atoms. The molecule has 4 rings (SSSR count). The van der Waals surface area contributed by atoms with Crippen LogP contribution in [0.1, 0.15) is 30.9 Å². The van der Waals surface area contributed by atoms with Crippen LogP contribution in [0.3, 0.4) is 0 Å². The molecule has 30 heavy (non-hydrogen) atoms. The van der Waals surface area contributed by atoms with Crippen LogP contribution in [-0.4, -0.2) is 41.9 Å². The van der Waals surface area contributed by atoms with Crippen molar-refractivity contribution in [1.29, 1.82) is 0 Å². The van der Waals surface area contributed by atoms with E-state index in [1.165, 1.54) is 6.26 Å². The summed E-state index contributed by atoms with van der Waals surface area (Å²) >= 11 is 0. The van der Waals surface area contributed by atoms with Crippen LogP contribution in [0.2, 0.25) is 0 Å². The smallest absolute Gasteiger partial charge is 0.159 e. The number of allylic oxidation sites excluding steroid dienone is 1. The molecule has 0 atom stereocenters. The zero-order valence-electron chi connectivity index (χ0n) is 17.1. The average Bonchev–Trinajstić information content (AvgIpc) is 3.34. The molecule has 158 valence electrons. The molecule has 1 aliphatic rings. The van der Waals surface area contributed by atoms with E-state index in [0.29, 0.717) is 18.4 Å². The fourth-order valence-corrected chi connectivity index (χ4v) is 4.21. The molecule has 0 radical (unpaired) electrons. The van der Waals surface area contributed by atoms with Gasteiger partial charge >= 0.3 is 0 Å². The minimum atomic E-state index is -3.20. The number of hydrogen-bond donors (Lipinski definition) is 3. The number of hydrogen-bond acceptors (Lipinski definition) is 7. The summed E-state index contributed by atoms with van der Waals surface area (Å²) in [5.74, 6) is 1.50. The topological polar surface area (TPSA) is 114 Å². The summed E-state index contributed by atoms with van der Waals surface area (Å²) in [6.45, 7) is 2.34. The number of benzene rings is 1. The Morgan fingerprint density at radius 1 is 1.30 bits per heavy atom. The van der Waals surface area contributed by atoms with Crippen molar-refractivity contribution in [2.24, 2.45) is 5.73 Å². The van der Waals surface area contributed by atoms with Crippen LogP contribution in [0.5, 0.6) is 0 Å². The number of aromatic nitrogens is 3. The maximum absolute atomic E-state index is 12.0. The minimum absolute atomic E-state index is 0.0445. The van der Waals surface area contributed by atoms with Crippen molar-refractivity contribution in [3.05, 3.63) is 53.7 Å². The van der Waals surface area contributed by atoms with Crippen LogP contribution in [0.4, 0.5) is 17.3 Å². The molecule has 0 amide bonds.